The Morgan fingerprint density at radius 1 is 0.605 bits per heavy atom. The van der Waals surface area contributed by atoms with E-state index in [2.05, 4.69) is 55.4 Å². The Bertz CT molecular complexity index is 986. The maximum Gasteiger partial charge on any atom is 0.314 e. The van der Waals surface area contributed by atoms with E-state index in [1.54, 1.807) is 47.0 Å². The Hall–Kier alpha value is -0.960. The Kier molecular flexibility index (Phi) is 12.1. The first-order chi connectivity index (χ1) is 18.2. The number of carbonyl (C=O) groups is 2. The van der Waals surface area contributed by atoms with Crippen LogP contribution in [0.4, 0.5) is 0 Å². The normalized spacial score (nSPS) is 15.7. The molecule has 0 spiro atoms. The van der Waals surface area contributed by atoms with E-state index in [9.17, 15) is 9.59 Å². The van der Waals surface area contributed by atoms with Gasteiger partial charge in [0.1, 0.15) is 0 Å². The lowest BCUT2D eigenvalue weighted by Crippen LogP contribution is -2.22. The van der Waals surface area contributed by atoms with Gasteiger partial charge in [0.25, 0.3) is 0 Å². The molecular weight excluding hydrogens is 553 g/mol. The molecule has 2 aliphatic heterocycles. The van der Waals surface area contributed by atoms with E-state index in [0.29, 0.717) is 11.5 Å². The highest BCUT2D eigenvalue weighted by atomic mass is 32.2. The molecule has 210 valence electrons. The number of unbranched alkanes of at least 4 members (excludes halogenated alkanes) is 2. The standard InChI is InChI=1S/C30H42O4S4/c1-9-13-15-19(11-3)27(31)33-21-23-25(37-29(35-23)17(5)6)22(26-24(21)36-30(38-26)18(7)8)34-28(32)20(12-4)16-14-10-2/h19-20H,9-16H2,1-8H3. The molecule has 38 heavy (non-hydrogen) atoms. The summed E-state index contributed by atoms with van der Waals surface area (Å²) in [5, 5.41) is 0. The molecule has 0 bridgehead atoms. The Morgan fingerprint density at radius 2 is 0.921 bits per heavy atom. The number of thioether (sulfide) groups is 4. The predicted octanol–water partition coefficient (Wildman–Crippen LogP) is 10.8. The van der Waals surface area contributed by atoms with Crippen LogP contribution in [0.15, 0.2) is 39.2 Å². The third-order valence-corrected chi connectivity index (χ3v) is 12.7. The molecular formula is C30H42O4S4. The van der Waals surface area contributed by atoms with Crippen molar-refractivity contribution in [3.05, 3.63) is 19.6 Å². The minimum atomic E-state index is -0.159. The molecule has 0 aliphatic carbocycles. The van der Waals surface area contributed by atoms with Crippen molar-refractivity contribution in [3.8, 4) is 11.5 Å². The quantitative estimate of drug-likeness (QED) is 0.175. The predicted molar refractivity (Wildman–Crippen MR) is 164 cm³/mol. The van der Waals surface area contributed by atoms with Crippen LogP contribution in [0.5, 0.6) is 11.5 Å². The van der Waals surface area contributed by atoms with Gasteiger partial charge in [-0.15, -0.1) is 0 Å². The summed E-state index contributed by atoms with van der Waals surface area (Å²) in [6.07, 6.45) is 7.32. The van der Waals surface area contributed by atoms with Crippen molar-refractivity contribution in [1.29, 1.82) is 0 Å². The van der Waals surface area contributed by atoms with Crippen molar-refractivity contribution in [3.63, 3.8) is 0 Å². The van der Waals surface area contributed by atoms with Crippen LogP contribution < -0.4 is 9.47 Å². The van der Waals surface area contributed by atoms with Crippen molar-refractivity contribution >= 4 is 59.0 Å². The third kappa shape index (κ3) is 7.21. The number of fused-ring (bicyclic) bond motifs is 2. The molecule has 8 heteroatoms. The third-order valence-electron chi connectivity index (χ3n) is 6.70. The molecule has 0 saturated carbocycles. The minimum Gasteiger partial charge on any atom is -0.424 e. The molecule has 2 heterocycles. The number of hydrogen-bond acceptors (Lipinski definition) is 8. The number of rotatable bonds is 12. The first-order valence-corrected chi connectivity index (χ1v) is 17.2. The summed E-state index contributed by atoms with van der Waals surface area (Å²) < 4.78 is 14.9. The highest BCUT2D eigenvalue weighted by Gasteiger charge is 2.39. The van der Waals surface area contributed by atoms with Gasteiger partial charge < -0.3 is 9.47 Å². The van der Waals surface area contributed by atoms with Gasteiger partial charge in [0, 0.05) is 8.47 Å². The van der Waals surface area contributed by atoms with Crippen LogP contribution in [-0.2, 0) is 9.59 Å². The molecule has 3 rings (SSSR count). The van der Waals surface area contributed by atoms with E-state index >= 15 is 0 Å². The van der Waals surface area contributed by atoms with Crippen LogP contribution in [0.25, 0.3) is 0 Å². The molecule has 2 aliphatic rings. The summed E-state index contributed by atoms with van der Waals surface area (Å²) in [5.41, 5.74) is 2.39. The smallest absolute Gasteiger partial charge is 0.314 e. The fourth-order valence-corrected chi connectivity index (χ4v) is 9.45. The van der Waals surface area contributed by atoms with Crippen molar-refractivity contribution in [2.45, 2.75) is 126 Å². The molecule has 0 aromatic heterocycles. The minimum absolute atomic E-state index is 0.119. The molecule has 0 amide bonds. The number of hydrogen-bond donors (Lipinski definition) is 0. The monoisotopic (exact) mass is 594 g/mol. The molecule has 1 aromatic rings. The Balaban J connectivity index is 2.13. The summed E-state index contributed by atoms with van der Waals surface area (Å²) in [7, 11) is 0. The van der Waals surface area contributed by atoms with E-state index in [1.165, 1.54) is 11.1 Å². The first kappa shape index (κ1) is 31.6. The van der Waals surface area contributed by atoms with Crippen molar-refractivity contribution in [2.24, 2.45) is 11.8 Å². The zero-order valence-electron chi connectivity index (χ0n) is 24.1. The van der Waals surface area contributed by atoms with Crippen LogP contribution in [0, 0.1) is 11.8 Å². The van der Waals surface area contributed by atoms with Gasteiger partial charge in [0.2, 0.25) is 0 Å². The molecule has 0 radical (unpaired) electrons. The lowest BCUT2D eigenvalue weighted by atomic mass is 10.00. The molecule has 2 atom stereocenters. The zero-order chi connectivity index (χ0) is 28.0. The van der Waals surface area contributed by atoms with Crippen LogP contribution in [0.3, 0.4) is 0 Å². The molecule has 0 saturated heterocycles. The summed E-state index contributed by atoms with van der Waals surface area (Å²) in [5.74, 6) is 0.713. The fourth-order valence-electron chi connectivity index (χ4n) is 4.24. The van der Waals surface area contributed by atoms with E-state index in [-0.39, 0.29) is 23.8 Å². The zero-order valence-corrected chi connectivity index (χ0v) is 27.3. The van der Waals surface area contributed by atoms with Crippen LogP contribution >= 0.6 is 47.0 Å². The van der Waals surface area contributed by atoms with E-state index < -0.39 is 0 Å². The number of esters is 2. The molecule has 0 N–H and O–H groups in total. The van der Waals surface area contributed by atoms with Gasteiger partial charge in [-0.3, -0.25) is 9.59 Å². The van der Waals surface area contributed by atoms with Crippen LogP contribution in [-0.4, -0.2) is 11.9 Å². The topological polar surface area (TPSA) is 52.6 Å². The summed E-state index contributed by atoms with van der Waals surface area (Å²) in [6.45, 7) is 16.8. The van der Waals surface area contributed by atoms with E-state index in [1.807, 2.05) is 0 Å². The lowest BCUT2D eigenvalue weighted by Gasteiger charge is -2.20. The molecule has 2 unspecified atom stereocenters. The van der Waals surface area contributed by atoms with E-state index in [0.717, 1.165) is 79.4 Å². The Labute approximate surface area is 246 Å². The van der Waals surface area contributed by atoms with Gasteiger partial charge in [0.15, 0.2) is 11.5 Å². The van der Waals surface area contributed by atoms with E-state index in [4.69, 9.17) is 9.47 Å². The largest absolute Gasteiger partial charge is 0.424 e. The highest BCUT2D eigenvalue weighted by molar-refractivity contribution is 8.25. The van der Waals surface area contributed by atoms with Gasteiger partial charge in [-0.05, 0) is 53.4 Å². The van der Waals surface area contributed by atoms with Crippen molar-refractivity contribution < 1.29 is 19.1 Å². The lowest BCUT2D eigenvalue weighted by molar-refractivity contribution is -0.141. The second-order valence-electron chi connectivity index (χ2n) is 10.3. The average molecular weight is 595 g/mol. The Morgan fingerprint density at radius 3 is 1.16 bits per heavy atom. The SMILES string of the molecule is CCCCC(CC)C(=O)Oc1c2c(c(OC(=O)C(CC)CCCC)c3c1SC(=C(C)C)S3)SC(=C(C)C)S2. The number of benzene rings is 1. The van der Waals surface area contributed by atoms with Gasteiger partial charge in [-0.1, -0.05) is 112 Å². The van der Waals surface area contributed by atoms with Crippen molar-refractivity contribution in [1.82, 2.24) is 0 Å². The van der Waals surface area contributed by atoms with Gasteiger partial charge in [-0.25, -0.2) is 0 Å². The maximum absolute atomic E-state index is 13.4. The average Bonchev–Trinajstić information content (AvgIpc) is 3.53. The number of carbonyl (C=O) groups excluding carboxylic acids is 2. The first-order valence-electron chi connectivity index (χ1n) is 13.9. The molecule has 1 aromatic carbocycles. The maximum atomic E-state index is 13.4. The summed E-state index contributed by atoms with van der Waals surface area (Å²) in [6, 6.07) is 0. The number of ether oxygens (including phenoxy) is 2. The molecule has 0 fully saturated rings. The summed E-state index contributed by atoms with van der Waals surface area (Å²) in [4.78, 5) is 30.4. The van der Waals surface area contributed by atoms with Crippen molar-refractivity contribution in [2.75, 3.05) is 0 Å². The number of allylic oxidation sites excluding steroid dienone is 2. The van der Waals surface area contributed by atoms with Gasteiger partial charge in [0.05, 0.1) is 31.4 Å². The van der Waals surface area contributed by atoms with Gasteiger partial charge in [-0.2, -0.15) is 0 Å². The highest BCUT2D eigenvalue weighted by Crippen LogP contribution is 2.68. The molecule has 4 nitrogen and oxygen atoms in total. The second kappa shape index (κ2) is 14.6. The second-order valence-corrected chi connectivity index (χ2v) is 14.9. The van der Waals surface area contributed by atoms with Crippen LogP contribution in [0.1, 0.15) is 107 Å². The van der Waals surface area contributed by atoms with Gasteiger partial charge >= 0.3 is 11.9 Å². The van der Waals surface area contributed by atoms with Crippen LogP contribution in [0.2, 0.25) is 0 Å². The summed E-state index contributed by atoms with van der Waals surface area (Å²) >= 11 is 6.52. The fraction of sp³-hybridized carbons (Fsp3) is 0.600.